The molecular formula is C29H33BrN2O2S. The fraction of sp³-hybridized carbons (Fsp3) is 0.310. The first-order valence-electron chi connectivity index (χ1n) is 12.0. The average molecular weight is 554 g/mol. The Morgan fingerprint density at radius 1 is 0.886 bits per heavy atom. The number of nitrogens with zero attached hydrogens (tertiary/aromatic N) is 1. The molecule has 3 aromatic carbocycles. The van der Waals surface area contributed by atoms with Crippen LogP contribution in [0.15, 0.2) is 94.3 Å². The lowest BCUT2D eigenvalue weighted by Crippen LogP contribution is -2.51. The van der Waals surface area contributed by atoms with Crippen LogP contribution in [0.1, 0.15) is 31.4 Å². The van der Waals surface area contributed by atoms with Gasteiger partial charge in [-0.25, -0.2) is 0 Å². The summed E-state index contributed by atoms with van der Waals surface area (Å²) in [5, 5.41) is 3.07. The molecule has 1 atom stereocenters. The molecule has 0 spiro atoms. The Hall–Kier alpha value is -2.57. The molecule has 2 amide bonds. The van der Waals surface area contributed by atoms with E-state index in [-0.39, 0.29) is 11.8 Å². The van der Waals surface area contributed by atoms with Gasteiger partial charge in [-0.1, -0.05) is 90.4 Å². The number of hydrogen-bond donors (Lipinski definition) is 1. The SMILES string of the molecule is CC(C)CNC(=O)[C@@H](Cc1ccccc1)N(Cc1ccc(Br)cc1)C(=O)CCSc1ccccc1. The molecule has 0 radical (unpaired) electrons. The maximum Gasteiger partial charge on any atom is 0.243 e. The van der Waals surface area contributed by atoms with E-state index < -0.39 is 6.04 Å². The lowest BCUT2D eigenvalue weighted by atomic mass is 10.0. The van der Waals surface area contributed by atoms with Crippen molar-refractivity contribution in [1.29, 1.82) is 0 Å². The average Bonchev–Trinajstić information content (AvgIpc) is 2.87. The highest BCUT2D eigenvalue weighted by atomic mass is 79.9. The molecule has 4 nitrogen and oxygen atoms in total. The van der Waals surface area contributed by atoms with Crippen LogP contribution in [0.2, 0.25) is 0 Å². The van der Waals surface area contributed by atoms with Gasteiger partial charge in [-0.15, -0.1) is 11.8 Å². The van der Waals surface area contributed by atoms with Crippen molar-refractivity contribution < 1.29 is 9.59 Å². The van der Waals surface area contributed by atoms with Gasteiger partial charge in [-0.05, 0) is 41.3 Å². The van der Waals surface area contributed by atoms with E-state index in [1.54, 1.807) is 16.7 Å². The molecule has 35 heavy (non-hydrogen) atoms. The molecule has 0 fully saturated rings. The zero-order valence-electron chi connectivity index (χ0n) is 20.3. The van der Waals surface area contributed by atoms with Gasteiger partial charge in [0.15, 0.2) is 0 Å². The van der Waals surface area contributed by atoms with Crippen LogP contribution >= 0.6 is 27.7 Å². The highest BCUT2D eigenvalue weighted by Crippen LogP contribution is 2.21. The summed E-state index contributed by atoms with van der Waals surface area (Å²) in [6.45, 7) is 5.10. The van der Waals surface area contributed by atoms with Gasteiger partial charge in [0.25, 0.3) is 0 Å². The summed E-state index contributed by atoms with van der Waals surface area (Å²) in [4.78, 5) is 29.9. The van der Waals surface area contributed by atoms with Crippen LogP contribution in [0, 0.1) is 5.92 Å². The van der Waals surface area contributed by atoms with Gasteiger partial charge in [-0.3, -0.25) is 9.59 Å². The second-order valence-electron chi connectivity index (χ2n) is 8.90. The summed E-state index contributed by atoms with van der Waals surface area (Å²) in [5.41, 5.74) is 2.02. The quantitative estimate of drug-likeness (QED) is 0.266. The first kappa shape index (κ1) is 27.0. The first-order chi connectivity index (χ1) is 16.9. The van der Waals surface area contributed by atoms with Crippen LogP contribution in [0.5, 0.6) is 0 Å². The van der Waals surface area contributed by atoms with Crippen LogP contribution in [-0.4, -0.2) is 35.1 Å². The molecule has 3 aromatic rings. The minimum atomic E-state index is -0.589. The maximum atomic E-state index is 13.6. The topological polar surface area (TPSA) is 49.4 Å². The number of nitrogens with one attached hydrogen (secondary N) is 1. The molecule has 0 aliphatic rings. The van der Waals surface area contributed by atoms with Crippen molar-refractivity contribution in [3.63, 3.8) is 0 Å². The second-order valence-corrected chi connectivity index (χ2v) is 11.0. The predicted octanol–water partition coefficient (Wildman–Crippen LogP) is 6.34. The Kier molecular flexibility index (Phi) is 10.9. The van der Waals surface area contributed by atoms with Crippen LogP contribution in [0.3, 0.4) is 0 Å². The maximum absolute atomic E-state index is 13.6. The van der Waals surface area contributed by atoms with Crippen LogP contribution < -0.4 is 5.32 Å². The summed E-state index contributed by atoms with van der Waals surface area (Å²) in [6, 6.07) is 27.3. The zero-order chi connectivity index (χ0) is 25.0. The number of carbonyl (C=O) groups excluding carboxylic acids is 2. The molecule has 0 unspecified atom stereocenters. The van der Waals surface area contributed by atoms with Crippen molar-refractivity contribution in [1.82, 2.24) is 10.2 Å². The molecule has 6 heteroatoms. The molecule has 0 aromatic heterocycles. The monoisotopic (exact) mass is 552 g/mol. The molecule has 1 N–H and O–H groups in total. The number of carbonyl (C=O) groups is 2. The highest BCUT2D eigenvalue weighted by Gasteiger charge is 2.30. The van der Waals surface area contributed by atoms with E-state index >= 15 is 0 Å². The van der Waals surface area contributed by atoms with Gasteiger partial charge in [0.2, 0.25) is 11.8 Å². The van der Waals surface area contributed by atoms with Gasteiger partial charge in [-0.2, -0.15) is 0 Å². The first-order valence-corrected chi connectivity index (χ1v) is 13.7. The molecule has 3 rings (SSSR count). The van der Waals surface area contributed by atoms with Gasteiger partial charge >= 0.3 is 0 Å². The standard InChI is InChI=1S/C29H33BrN2O2S/c1-22(2)20-31-29(34)27(19-23-9-5-3-6-10-23)32(21-24-13-15-25(30)16-14-24)28(33)17-18-35-26-11-7-4-8-12-26/h3-16,22,27H,17-21H2,1-2H3,(H,31,34)/t27-/m1/s1. The summed E-state index contributed by atoms with van der Waals surface area (Å²) < 4.78 is 0.980. The van der Waals surface area contributed by atoms with Crippen molar-refractivity contribution in [3.8, 4) is 0 Å². The fourth-order valence-corrected chi connectivity index (χ4v) is 4.81. The Morgan fingerprint density at radius 2 is 1.51 bits per heavy atom. The molecule has 0 bridgehead atoms. The van der Waals surface area contributed by atoms with Crippen LogP contribution in [-0.2, 0) is 22.6 Å². The molecule has 0 saturated carbocycles. The van der Waals surface area contributed by atoms with Gasteiger partial charge in [0.1, 0.15) is 6.04 Å². The summed E-state index contributed by atoms with van der Waals surface area (Å²) in [7, 11) is 0. The van der Waals surface area contributed by atoms with Crippen molar-refractivity contribution in [2.45, 2.75) is 44.2 Å². The van der Waals surface area contributed by atoms with Crippen LogP contribution in [0.25, 0.3) is 0 Å². The summed E-state index contributed by atoms with van der Waals surface area (Å²) >= 11 is 5.14. The normalized spacial score (nSPS) is 11.8. The lowest BCUT2D eigenvalue weighted by molar-refractivity contribution is -0.141. The van der Waals surface area contributed by atoms with Crippen molar-refractivity contribution in [2.75, 3.05) is 12.3 Å². The van der Waals surface area contributed by atoms with Gasteiger partial charge in [0, 0.05) is 41.1 Å². The third kappa shape index (κ3) is 9.19. The number of amides is 2. The van der Waals surface area contributed by atoms with E-state index in [0.29, 0.717) is 37.6 Å². The Labute approximate surface area is 221 Å². The zero-order valence-corrected chi connectivity index (χ0v) is 22.7. The highest BCUT2D eigenvalue weighted by molar-refractivity contribution is 9.10. The minimum absolute atomic E-state index is 0.0167. The van der Waals surface area contributed by atoms with E-state index in [0.717, 1.165) is 20.5 Å². The van der Waals surface area contributed by atoms with E-state index in [9.17, 15) is 9.59 Å². The molecule has 0 heterocycles. The Balaban J connectivity index is 1.83. The minimum Gasteiger partial charge on any atom is -0.354 e. The third-order valence-corrected chi connectivity index (χ3v) is 7.09. The number of hydrogen-bond acceptors (Lipinski definition) is 3. The van der Waals surface area contributed by atoms with E-state index in [4.69, 9.17) is 0 Å². The van der Waals surface area contributed by atoms with Crippen LogP contribution in [0.4, 0.5) is 0 Å². The Bertz CT molecular complexity index is 1060. The van der Waals surface area contributed by atoms with Crippen molar-refractivity contribution in [3.05, 3.63) is 101 Å². The molecule has 184 valence electrons. The smallest absolute Gasteiger partial charge is 0.243 e. The number of rotatable bonds is 12. The lowest BCUT2D eigenvalue weighted by Gasteiger charge is -2.32. The molecule has 0 saturated heterocycles. The molecule has 0 aliphatic carbocycles. The molecule has 0 aliphatic heterocycles. The van der Waals surface area contributed by atoms with E-state index in [2.05, 4.69) is 35.1 Å². The Morgan fingerprint density at radius 3 is 2.14 bits per heavy atom. The van der Waals surface area contributed by atoms with E-state index in [1.807, 2.05) is 84.9 Å². The number of thioether (sulfide) groups is 1. The third-order valence-electron chi connectivity index (χ3n) is 5.55. The molecular weight excluding hydrogens is 520 g/mol. The fourth-order valence-electron chi connectivity index (χ4n) is 3.68. The number of halogens is 1. The largest absolute Gasteiger partial charge is 0.354 e. The predicted molar refractivity (Wildman–Crippen MR) is 148 cm³/mol. The van der Waals surface area contributed by atoms with Gasteiger partial charge in [0.05, 0.1) is 0 Å². The van der Waals surface area contributed by atoms with Crippen molar-refractivity contribution >= 4 is 39.5 Å². The van der Waals surface area contributed by atoms with E-state index in [1.165, 1.54) is 0 Å². The summed E-state index contributed by atoms with van der Waals surface area (Å²) in [6.07, 6.45) is 0.831. The van der Waals surface area contributed by atoms with Crippen molar-refractivity contribution in [2.24, 2.45) is 5.92 Å². The number of benzene rings is 3. The van der Waals surface area contributed by atoms with Gasteiger partial charge < -0.3 is 10.2 Å². The second kappa shape index (κ2) is 14.1. The summed E-state index contributed by atoms with van der Waals surface area (Å²) in [5.74, 6) is 0.862.